The summed E-state index contributed by atoms with van der Waals surface area (Å²) in [6, 6.07) is 74.2. The lowest BCUT2D eigenvalue weighted by atomic mass is 9.70. The van der Waals surface area contributed by atoms with Gasteiger partial charge in [-0.3, -0.25) is 0 Å². The molecule has 10 aromatic carbocycles. The second-order valence-corrected chi connectivity index (χ2v) is 17.6. The molecule has 2 aliphatic carbocycles. The van der Waals surface area contributed by atoms with Crippen molar-refractivity contribution in [3.05, 3.63) is 265 Å². The van der Waals surface area contributed by atoms with E-state index in [1.807, 2.05) is 24.3 Å². The van der Waals surface area contributed by atoms with Crippen molar-refractivity contribution in [2.75, 3.05) is 9.80 Å². The predicted octanol–water partition coefficient (Wildman–Crippen LogP) is 17.0. The topological polar surface area (TPSA) is 6.48 Å². The maximum Gasteiger partial charge on any atom is 0.0727 e. The van der Waals surface area contributed by atoms with Crippen LogP contribution in [0.5, 0.6) is 0 Å². The van der Waals surface area contributed by atoms with Crippen molar-refractivity contribution in [3.8, 4) is 33.4 Å². The molecule has 0 amide bonds. The number of hydrogen-bond acceptors (Lipinski definition) is 3. The minimum atomic E-state index is -0.658. The van der Waals surface area contributed by atoms with Crippen molar-refractivity contribution in [3.63, 3.8) is 0 Å². The highest BCUT2D eigenvalue weighted by atomic mass is 32.1. The number of hydrogen-bond donors (Lipinski definition) is 0. The molecule has 1 unspecified atom stereocenters. The van der Waals surface area contributed by atoms with E-state index in [1.54, 1.807) is 11.3 Å². The molecule has 1 spiro atoms. The molecule has 13 rings (SSSR count). The molecular weight excluding hydrogens is 793 g/mol. The van der Waals surface area contributed by atoms with E-state index in [0.717, 1.165) is 34.1 Å². The number of rotatable bonds is 7. The van der Waals surface area contributed by atoms with Gasteiger partial charge in [-0.1, -0.05) is 164 Å². The van der Waals surface area contributed by atoms with E-state index in [-0.39, 0.29) is 29.7 Å². The summed E-state index contributed by atoms with van der Waals surface area (Å²) in [7, 11) is 0. The summed E-state index contributed by atoms with van der Waals surface area (Å²) in [5.41, 5.74) is 15.8. The van der Waals surface area contributed by atoms with Crippen LogP contribution in [0.2, 0.25) is 0 Å². The molecule has 0 aliphatic heterocycles. The molecule has 0 saturated carbocycles. The smallest absolute Gasteiger partial charge is 0.0727 e. The third kappa shape index (κ3) is 5.51. The Labute approximate surface area is 384 Å². The summed E-state index contributed by atoms with van der Waals surface area (Å²) < 4.78 is 44.9. The molecule has 2 aliphatic rings. The van der Waals surface area contributed by atoms with E-state index in [9.17, 15) is 0 Å². The van der Waals surface area contributed by atoms with Crippen LogP contribution in [0.4, 0.5) is 34.1 Å². The van der Waals surface area contributed by atoms with Crippen LogP contribution in [-0.2, 0) is 5.41 Å². The summed E-state index contributed by atoms with van der Waals surface area (Å²) in [6.07, 6.45) is 0. The lowest BCUT2D eigenvalue weighted by molar-refractivity contribution is 0.793. The molecule has 300 valence electrons. The first-order valence-electron chi connectivity index (χ1n) is 24.1. The average molecular weight is 838 g/mol. The van der Waals surface area contributed by atoms with E-state index in [2.05, 4.69) is 198 Å². The minimum Gasteiger partial charge on any atom is -0.310 e. The van der Waals surface area contributed by atoms with Gasteiger partial charge in [-0.05, 0) is 134 Å². The molecule has 0 N–H and O–H groups in total. The van der Waals surface area contributed by atoms with Crippen LogP contribution in [-0.4, -0.2) is 0 Å². The van der Waals surface area contributed by atoms with Gasteiger partial charge in [0.15, 0.2) is 0 Å². The SMILES string of the molecule is [2H]c1c([2H])c([2H])c(-c2ccc(N(c3ccc4c(c3)C3(c5ccccc5-c5ccc(N(c6ccccc6)c6ccccc6)cc53)c3ccccc3-4)c3ccc4c(c3)sc3ccccc34)cc2)c([2H])c1[2H]. The molecule has 64 heavy (non-hydrogen) atoms. The first kappa shape index (κ1) is 31.8. The third-order valence-corrected chi connectivity index (χ3v) is 14.3. The van der Waals surface area contributed by atoms with Gasteiger partial charge in [0.1, 0.15) is 0 Å². The predicted molar refractivity (Wildman–Crippen MR) is 270 cm³/mol. The fourth-order valence-corrected chi connectivity index (χ4v) is 11.6. The van der Waals surface area contributed by atoms with Gasteiger partial charge < -0.3 is 9.80 Å². The van der Waals surface area contributed by atoms with Crippen LogP contribution in [0.15, 0.2) is 243 Å². The van der Waals surface area contributed by atoms with E-state index < -0.39 is 11.5 Å². The fourth-order valence-electron chi connectivity index (χ4n) is 10.5. The Bertz CT molecular complexity index is 3790. The Hall–Kier alpha value is -7.98. The summed E-state index contributed by atoms with van der Waals surface area (Å²) in [5.74, 6) is 0. The summed E-state index contributed by atoms with van der Waals surface area (Å²) in [4.78, 5) is 4.63. The van der Waals surface area contributed by atoms with Gasteiger partial charge in [-0.15, -0.1) is 11.3 Å². The van der Waals surface area contributed by atoms with Crippen LogP contribution >= 0.6 is 11.3 Å². The van der Waals surface area contributed by atoms with Crippen LogP contribution in [0.25, 0.3) is 53.6 Å². The average Bonchev–Trinajstić information content (AvgIpc) is 4.02. The van der Waals surface area contributed by atoms with E-state index in [4.69, 9.17) is 6.85 Å². The number of anilines is 6. The van der Waals surface area contributed by atoms with Crippen molar-refractivity contribution in [1.29, 1.82) is 0 Å². The Morgan fingerprint density at radius 1 is 0.328 bits per heavy atom. The Balaban J connectivity index is 1.04. The lowest BCUT2D eigenvalue weighted by Gasteiger charge is -2.33. The van der Waals surface area contributed by atoms with Gasteiger partial charge in [0, 0.05) is 54.3 Å². The van der Waals surface area contributed by atoms with Gasteiger partial charge >= 0.3 is 0 Å². The first-order valence-corrected chi connectivity index (χ1v) is 22.4. The molecule has 3 heteroatoms. The van der Waals surface area contributed by atoms with E-state index in [0.29, 0.717) is 5.56 Å². The molecule has 1 atom stereocenters. The third-order valence-electron chi connectivity index (χ3n) is 13.1. The molecule has 1 heterocycles. The van der Waals surface area contributed by atoms with Gasteiger partial charge in [0.05, 0.1) is 12.3 Å². The number of fused-ring (bicyclic) bond motifs is 13. The summed E-state index contributed by atoms with van der Waals surface area (Å²) in [6.45, 7) is 0. The molecule has 0 saturated heterocycles. The standard InChI is InChI=1S/C61H40N2S/c1-4-16-41(17-5-1)42-28-30-45(31-29-42)63(48-34-37-54-53-24-12-15-27-59(53)64-60(54)40-48)47-33-36-52-50-23-11-14-26-56(50)61(58(52)39-47)55-25-13-10-22-49(55)51-35-32-46(38-57(51)61)62(43-18-6-2-7-19-43)44-20-8-3-9-21-44/h1-40H/i1D,4D,5D,16D,17D. The summed E-state index contributed by atoms with van der Waals surface area (Å²) in [5, 5.41) is 2.43. The zero-order valence-electron chi connectivity index (χ0n) is 39.5. The van der Waals surface area contributed by atoms with Gasteiger partial charge in [-0.25, -0.2) is 0 Å². The molecule has 11 aromatic rings. The molecular formula is C61H40N2S. The second-order valence-electron chi connectivity index (χ2n) is 16.5. The Morgan fingerprint density at radius 3 is 1.41 bits per heavy atom. The van der Waals surface area contributed by atoms with Crippen LogP contribution in [0, 0.1) is 0 Å². The maximum atomic E-state index is 8.75. The van der Waals surface area contributed by atoms with Crippen molar-refractivity contribution >= 4 is 65.6 Å². The normalized spacial score (nSPS) is 15.4. The molecule has 0 bridgehead atoms. The van der Waals surface area contributed by atoms with Crippen LogP contribution < -0.4 is 9.80 Å². The maximum absolute atomic E-state index is 8.75. The van der Waals surface area contributed by atoms with Crippen molar-refractivity contribution < 1.29 is 6.85 Å². The number of nitrogens with zero attached hydrogens (tertiary/aromatic N) is 2. The van der Waals surface area contributed by atoms with Crippen molar-refractivity contribution in [1.82, 2.24) is 0 Å². The summed E-state index contributed by atoms with van der Waals surface area (Å²) >= 11 is 1.78. The highest BCUT2D eigenvalue weighted by Gasteiger charge is 2.52. The zero-order valence-corrected chi connectivity index (χ0v) is 35.3. The molecule has 0 fully saturated rings. The monoisotopic (exact) mass is 837 g/mol. The van der Waals surface area contributed by atoms with Crippen LogP contribution in [0.1, 0.15) is 29.1 Å². The van der Waals surface area contributed by atoms with Gasteiger partial charge in [-0.2, -0.15) is 0 Å². The Kier molecular flexibility index (Phi) is 7.23. The van der Waals surface area contributed by atoms with E-state index in [1.165, 1.54) is 64.7 Å². The number of thiophene rings is 1. The fraction of sp³-hybridized carbons (Fsp3) is 0.0164. The van der Waals surface area contributed by atoms with Gasteiger partial charge in [0.2, 0.25) is 0 Å². The highest BCUT2D eigenvalue weighted by molar-refractivity contribution is 7.25. The first-order chi connectivity index (χ1) is 33.8. The molecule has 1 aromatic heterocycles. The highest BCUT2D eigenvalue weighted by Crippen LogP contribution is 2.64. The second kappa shape index (κ2) is 14.6. The number of benzene rings is 10. The Morgan fingerprint density at radius 2 is 0.781 bits per heavy atom. The van der Waals surface area contributed by atoms with Crippen LogP contribution in [0.3, 0.4) is 0 Å². The quantitative estimate of drug-likeness (QED) is 0.158. The minimum absolute atomic E-state index is 0.180. The van der Waals surface area contributed by atoms with E-state index >= 15 is 0 Å². The lowest BCUT2D eigenvalue weighted by Crippen LogP contribution is -2.26. The largest absolute Gasteiger partial charge is 0.310 e. The zero-order chi connectivity index (χ0) is 46.5. The molecule has 2 nitrogen and oxygen atoms in total. The number of para-hydroxylation sites is 2. The van der Waals surface area contributed by atoms with Gasteiger partial charge in [0.25, 0.3) is 0 Å². The van der Waals surface area contributed by atoms with Crippen molar-refractivity contribution in [2.24, 2.45) is 0 Å². The van der Waals surface area contributed by atoms with Crippen molar-refractivity contribution in [2.45, 2.75) is 5.41 Å². The molecule has 0 radical (unpaired) electrons.